The van der Waals surface area contributed by atoms with Gasteiger partial charge in [-0.2, -0.15) is 4.98 Å². The van der Waals surface area contributed by atoms with Crippen LogP contribution >= 0.6 is 11.8 Å². The summed E-state index contributed by atoms with van der Waals surface area (Å²) in [6.07, 6.45) is 11.8. The van der Waals surface area contributed by atoms with E-state index in [9.17, 15) is 24.6 Å². The Bertz CT molecular complexity index is 1650. The minimum Gasteiger partial charge on any atom is -0.455 e. The lowest BCUT2D eigenvalue weighted by molar-refractivity contribution is -0.207. The second kappa shape index (κ2) is 13.0. The second-order valence-electron chi connectivity index (χ2n) is 18.3. The average molecular weight is 726 g/mol. The summed E-state index contributed by atoms with van der Waals surface area (Å²) >= 11 is 1.42. The Morgan fingerprint density at radius 1 is 1.06 bits per heavy atom. The quantitative estimate of drug-likeness (QED) is 0.227. The molecule has 4 saturated carbocycles. The maximum absolute atomic E-state index is 14.4. The molecule has 1 unspecified atom stereocenters. The molecule has 0 aromatic carbocycles. The van der Waals surface area contributed by atoms with Gasteiger partial charge in [-0.25, -0.2) is 4.79 Å². The van der Waals surface area contributed by atoms with Crippen LogP contribution in [0.5, 0.6) is 0 Å². The van der Waals surface area contributed by atoms with Gasteiger partial charge in [-0.3, -0.25) is 14.2 Å². The molecule has 7 rings (SSSR count). The van der Waals surface area contributed by atoms with Crippen LogP contribution in [-0.2, 0) is 19.1 Å². The molecule has 0 radical (unpaired) electrons. The maximum Gasteiger partial charge on any atom is 0.351 e. The minimum atomic E-state index is -0.677. The number of esters is 1. The number of carbonyl (C=O) groups excluding carboxylic acids is 2. The van der Waals surface area contributed by atoms with Crippen LogP contribution in [0, 0.1) is 56.7 Å². The first-order valence-electron chi connectivity index (χ1n) is 19.3. The van der Waals surface area contributed by atoms with Gasteiger partial charge in [0.05, 0.1) is 18.1 Å². The number of allylic oxidation sites excluding steroid dienone is 2. The Labute approximate surface area is 306 Å². The third kappa shape index (κ3) is 5.60. The first-order valence-corrected chi connectivity index (χ1v) is 20.4. The average Bonchev–Trinajstić information content (AvgIpc) is 3.56. The Kier molecular flexibility index (Phi) is 9.45. The van der Waals surface area contributed by atoms with Crippen LogP contribution in [-0.4, -0.2) is 62.1 Å². The number of amides is 1. The van der Waals surface area contributed by atoms with Gasteiger partial charge in [0.25, 0.3) is 5.91 Å². The molecule has 10 nitrogen and oxygen atoms in total. The molecule has 12 atom stereocenters. The van der Waals surface area contributed by atoms with E-state index in [1.807, 2.05) is 0 Å². The third-order valence-electron chi connectivity index (χ3n) is 16.0. The Morgan fingerprint density at radius 2 is 1.82 bits per heavy atom. The van der Waals surface area contributed by atoms with Gasteiger partial charge in [-0.15, -0.1) is 11.8 Å². The van der Waals surface area contributed by atoms with Gasteiger partial charge in [-0.1, -0.05) is 60.1 Å². The lowest BCUT2D eigenvalue weighted by Crippen LogP contribution is -2.65. The molecule has 1 aromatic heterocycles. The van der Waals surface area contributed by atoms with Gasteiger partial charge < -0.3 is 25.0 Å². The second-order valence-corrected chi connectivity index (χ2v) is 19.5. The van der Waals surface area contributed by atoms with Gasteiger partial charge in [0.2, 0.25) is 0 Å². The highest BCUT2D eigenvalue weighted by Gasteiger charge is 2.69. The number of rotatable bonds is 6. The van der Waals surface area contributed by atoms with Crippen molar-refractivity contribution in [2.75, 3.05) is 24.3 Å². The van der Waals surface area contributed by atoms with Crippen molar-refractivity contribution in [1.29, 1.82) is 0 Å². The van der Waals surface area contributed by atoms with Gasteiger partial charge in [-0.05, 0) is 115 Å². The minimum absolute atomic E-state index is 0.0473. The van der Waals surface area contributed by atoms with Crippen LogP contribution in [0.4, 0.5) is 5.82 Å². The van der Waals surface area contributed by atoms with E-state index in [2.05, 4.69) is 64.8 Å². The summed E-state index contributed by atoms with van der Waals surface area (Å²) < 4.78 is 12.9. The van der Waals surface area contributed by atoms with E-state index < -0.39 is 29.8 Å². The summed E-state index contributed by atoms with van der Waals surface area (Å²) in [5.41, 5.74) is -0.102. The fraction of sp³-hybridized carbons (Fsp3) is 0.800. The molecule has 1 amide bonds. The zero-order chi connectivity index (χ0) is 36.7. The standard InChI is InChI=1S/C40H59N3O7S/c1-23-10-16-40(34(47)49-21-30(46)41-29-13-19-43(35(48)42-29)31-22-51-32(20-44)50-31)18-17-38(6)25(33(40)24(23)2)8-9-27-37(5)14-12-28(45)36(3,4)26(37)11-15-39(27,38)7/h8,13,19,23-24,26-28,31-33,44-45H,9-12,14-18,20-22H2,1-7H3,(H,41,42,46,48)/t23-,24+,26?,27-,28+,31+,32-,33+,37+,38-,39-,40+/m1/s1. The predicted octanol–water partition coefficient (Wildman–Crippen LogP) is 6.32. The number of aliphatic hydroxyl groups excluding tert-OH is 2. The van der Waals surface area contributed by atoms with Crippen LogP contribution < -0.4 is 11.0 Å². The van der Waals surface area contributed by atoms with Crippen molar-refractivity contribution in [3.63, 3.8) is 0 Å². The molecule has 282 valence electrons. The number of thioether (sulfide) groups is 1. The largest absolute Gasteiger partial charge is 0.455 e. The van der Waals surface area contributed by atoms with Crippen molar-refractivity contribution >= 4 is 29.5 Å². The summed E-state index contributed by atoms with van der Waals surface area (Å²) in [4.78, 5) is 44.2. The molecular formula is C40H59N3O7S. The molecule has 3 N–H and O–H groups in total. The molecule has 1 saturated heterocycles. The maximum atomic E-state index is 14.4. The van der Waals surface area contributed by atoms with E-state index in [0.717, 1.165) is 57.8 Å². The van der Waals surface area contributed by atoms with E-state index in [0.29, 0.717) is 29.4 Å². The normalized spacial score (nSPS) is 44.2. The van der Waals surface area contributed by atoms with Crippen molar-refractivity contribution in [3.05, 3.63) is 34.4 Å². The number of aromatic nitrogens is 2. The molecule has 6 aliphatic rings. The smallest absolute Gasteiger partial charge is 0.351 e. The lowest BCUT2D eigenvalue weighted by atomic mass is 9.33. The first-order chi connectivity index (χ1) is 24.0. The summed E-state index contributed by atoms with van der Waals surface area (Å²) in [7, 11) is 0. The highest BCUT2D eigenvalue weighted by Crippen LogP contribution is 2.75. The number of nitrogens with zero attached hydrogens (tertiary/aromatic N) is 2. The Hall–Kier alpha value is -2.21. The highest BCUT2D eigenvalue weighted by atomic mass is 32.2. The van der Waals surface area contributed by atoms with Crippen LogP contribution in [0.2, 0.25) is 0 Å². The van der Waals surface area contributed by atoms with Crippen LogP contribution in [0.3, 0.4) is 0 Å². The molecule has 1 aliphatic heterocycles. The number of nitrogens with one attached hydrogen (secondary N) is 1. The zero-order valence-electron chi connectivity index (χ0n) is 31.6. The van der Waals surface area contributed by atoms with Crippen LogP contribution in [0.1, 0.15) is 112 Å². The molecule has 5 aliphatic carbocycles. The van der Waals surface area contributed by atoms with Crippen molar-refractivity contribution in [2.45, 2.75) is 124 Å². The molecule has 0 bridgehead atoms. The third-order valence-corrected chi connectivity index (χ3v) is 17.1. The van der Waals surface area contributed by atoms with Crippen molar-refractivity contribution in [2.24, 2.45) is 56.7 Å². The number of fused-ring (bicyclic) bond motifs is 7. The molecule has 0 spiro atoms. The van der Waals surface area contributed by atoms with Gasteiger partial charge in [0, 0.05) is 11.9 Å². The molecule has 11 heteroatoms. The first kappa shape index (κ1) is 37.1. The van der Waals surface area contributed by atoms with Crippen LogP contribution in [0.25, 0.3) is 0 Å². The van der Waals surface area contributed by atoms with E-state index >= 15 is 0 Å². The summed E-state index contributed by atoms with van der Waals surface area (Å²) in [5, 5.41) is 23.0. The zero-order valence-corrected chi connectivity index (χ0v) is 32.4. The van der Waals surface area contributed by atoms with E-state index in [-0.39, 0.29) is 57.5 Å². The van der Waals surface area contributed by atoms with Crippen molar-refractivity contribution < 1.29 is 29.3 Å². The van der Waals surface area contributed by atoms with Gasteiger partial charge in [0.15, 0.2) is 6.61 Å². The van der Waals surface area contributed by atoms with E-state index in [1.165, 1.54) is 34.2 Å². The molecule has 2 heterocycles. The summed E-state index contributed by atoms with van der Waals surface area (Å²) in [5.74, 6) is 1.59. The SMILES string of the molecule is C[C@H]1[C@H](C)CC[C@]2(C(=O)OCC(=O)Nc3ccn([C@@H]4CS[C@H](CO)O4)c(=O)n3)CC[C@]3(C)C(=CC[C@@H]4[C@@]5(C)CC[C@H](O)C(C)(C)C5CC[C@]43C)[C@H]12. The monoisotopic (exact) mass is 725 g/mol. The van der Waals surface area contributed by atoms with Crippen molar-refractivity contribution in [1.82, 2.24) is 9.55 Å². The summed E-state index contributed by atoms with van der Waals surface area (Å²) in [6.45, 7) is 16.2. The Balaban J connectivity index is 1.09. The lowest BCUT2D eigenvalue weighted by Gasteiger charge is -2.71. The number of hydrogen-bond donors (Lipinski definition) is 3. The molecular weight excluding hydrogens is 667 g/mol. The number of carbonyl (C=O) groups is 2. The van der Waals surface area contributed by atoms with Gasteiger partial charge >= 0.3 is 11.7 Å². The van der Waals surface area contributed by atoms with E-state index in [1.54, 1.807) is 0 Å². The molecule has 51 heavy (non-hydrogen) atoms. The van der Waals surface area contributed by atoms with Gasteiger partial charge in [0.1, 0.15) is 17.5 Å². The highest BCUT2D eigenvalue weighted by molar-refractivity contribution is 8.00. The summed E-state index contributed by atoms with van der Waals surface area (Å²) in [6, 6.07) is 1.52. The number of aliphatic hydroxyl groups is 2. The number of ether oxygens (including phenoxy) is 2. The molecule has 1 aromatic rings. The van der Waals surface area contributed by atoms with Crippen molar-refractivity contribution in [3.8, 4) is 0 Å². The number of hydrogen-bond acceptors (Lipinski definition) is 9. The van der Waals surface area contributed by atoms with E-state index in [4.69, 9.17) is 9.47 Å². The Morgan fingerprint density at radius 3 is 2.53 bits per heavy atom. The number of anilines is 1. The predicted molar refractivity (Wildman–Crippen MR) is 197 cm³/mol. The fourth-order valence-electron chi connectivity index (χ4n) is 12.7. The molecule has 5 fully saturated rings. The topological polar surface area (TPSA) is 140 Å². The van der Waals surface area contributed by atoms with Crippen LogP contribution in [0.15, 0.2) is 28.7 Å². The fourth-order valence-corrected chi connectivity index (χ4v) is 13.6.